The van der Waals surface area contributed by atoms with Gasteiger partial charge in [-0.1, -0.05) is 24.3 Å². The Morgan fingerprint density at radius 3 is 2.37 bits per heavy atom. The van der Waals surface area contributed by atoms with E-state index in [1.807, 2.05) is 11.0 Å². The van der Waals surface area contributed by atoms with Gasteiger partial charge in [-0.2, -0.15) is 0 Å². The highest BCUT2D eigenvalue weighted by atomic mass is 16.2. The maximum absolute atomic E-state index is 12.9. The first-order valence-corrected chi connectivity index (χ1v) is 9.44. The summed E-state index contributed by atoms with van der Waals surface area (Å²) < 4.78 is 0. The molecule has 2 amide bonds. The normalized spacial score (nSPS) is 16.9. The van der Waals surface area contributed by atoms with E-state index in [9.17, 15) is 9.59 Å². The maximum atomic E-state index is 12.9. The molecule has 2 aromatic rings. The van der Waals surface area contributed by atoms with Crippen LogP contribution >= 0.6 is 0 Å². The van der Waals surface area contributed by atoms with Crippen LogP contribution in [0.2, 0.25) is 0 Å². The molecule has 0 radical (unpaired) electrons. The molecule has 4 rings (SSSR count). The third-order valence-corrected chi connectivity index (χ3v) is 5.46. The molecule has 3 heterocycles. The zero-order valence-electron chi connectivity index (χ0n) is 15.6. The lowest BCUT2D eigenvalue weighted by Crippen LogP contribution is -2.50. The summed E-state index contributed by atoms with van der Waals surface area (Å²) in [5, 5.41) is 0. The van der Waals surface area contributed by atoms with Crippen molar-refractivity contribution < 1.29 is 9.59 Å². The number of nitrogens with zero attached hydrogens (tertiary/aromatic N) is 4. The number of benzene rings is 1. The van der Waals surface area contributed by atoms with Crippen LogP contribution in [0.3, 0.4) is 0 Å². The summed E-state index contributed by atoms with van der Waals surface area (Å²) in [5.74, 6) is 0.927. The molecule has 1 fully saturated rings. The molecule has 2 aliphatic rings. The highest BCUT2D eigenvalue weighted by Crippen LogP contribution is 2.24. The topological polar surface area (TPSA) is 56.8 Å². The number of carbonyl (C=O) groups excluding carboxylic acids is 2. The van der Waals surface area contributed by atoms with E-state index in [-0.39, 0.29) is 11.8 Å². The number of rotatable bonds is 2. The second kappa shape index (κ2) is 7.39. The van der Waals surface area contributed by atoms with Crippen molar-refractivity contribution >= 4 is 17.6 Å². The highest BCUT2D eigenvalue weighted by Gasteiger charge is 2.24. The lowest BCUT2D eigenvalue weighted by Gasteiger charge is -2.34. The van der Waals surface area contributed by atoms with E-state index in [0.29, 0.717) is 31.7 Å². The van der Waals surface area contributed by atoms with E-state index >= 15 is 0 Å². The Kier molecular flexibility index (Phi) is 4.79. The molecule has 140 valence electrons. The molecule has 6 nitrogen and oxygen atoms in total. The van der Waals surface area contributed by atoms with E-state index in [4.69, 9.17) is 0 Å². The van der Waals surface area contributed by atoms with Gasteiger partial charge in [0.1, 0.15) is 5.82 Å². The van der Waals surface area contributed by atoms with Crippen molar-refractivity contribution in [3.63, 3.8) is 0 Å². The smallest absolute Gasteiger partial charge is 0.254 e. The zero-order valence-corrected chi connectivity index (χ0v) is 15.6. The molecule has 0 bridgehead atoms. The number of aromatic nitrogens is 1. The first-order valence-electron chi connectivity index (χ1n) is 9.44. The van der Waals surface area contributed by atoms with Crippen LogP contribution in [-0.4, -0.2) is 59.3 Å². The first-order chi connectivity index (χ1) is 13.1. The maximum Gasteiger partial charge on any atom is 0.254 e. The van der Waals surface area contributed by atoms with Crippen LogP contribution in [0, 0.1) is 0 Å². The fourth-order valence-electron chi connectivity index (χ4n) is 3.82. The molecule has 0 atom stereocenters. The first kappa shape index (κ1) is 17.5. The third kappa shape index (κ3) is 3.65. The molecule has 0 unspecified atom stereocenters. The van der Waals surface area contributed by atoms with Crippen LogP contribution in [0.4, 0.5) is 5.82 Å². The Morgan fingerprint density at radius 2 is 1.63 bits per heavy atom. The molecule has 1 aromatic carbocycles. The molecule has 1 saturated heterocycles. The van der Waals surface area contributed by atoms with Crippen molar-refractivity contribution in [3.8, 4) is 0 Å². The summed E-state index contributed by atoms with van der Waals surface area (Å²) in [6.07, 6.45) is 2.71. The second-order valence-electron chi connectivity index (χ2n) is 7.14. The molecule has 0 aliphatic carbocycles. The molecule has 1 aromatic heterocycles. The Hall–Kier alpha value is -2.89. The fraction of sp³-hybridized carbons (Fsp3) is 0.381. The third-order valence-electron chi connectivity index (χ3n) is 5.46. The number of fused-ring (bicyclic) bond motifs is 1. The van der Waals surface area contributed by atoms with Crippen molar-refractivity contribution in [2.75, 3.05) is 37.6 Å². The monoisotopic (exact) mass is 364 g/mol. The van der Waals surface area contributed by atoms with E-state index < -0.39 is 0 Å². The minimum Gasteiger partial charge on any atom is -0.352 e. The largest absolute Gasteiger partial charge is 0.352 e. The van der Waals surface area contributed by atoms with Crippen molar-refractivity contribution in [2.45, 2.75) is 19.9 Å². The van der Waals surface area contributed by atoms with Gasteiger partial charge in [0.05, 0.1) is 0 Å². The average Bonchev–Trinajstić information content (AvgIpc) is 2.73. The van der Waals surface area contributed by atoms with E-state index in [1.165, 1.54) is 11.1 Å². The van der Waals surface area contributed by atoms with Gasteiger partial charge in [-0.05, 0) is 29.7 Å². The molecular formula is C21H24N4O2. The Balaban J connectivity index is 1.47. The molecule has 0 N–H and O–H groups in total. The Morgan fingerprint density at radius 1 is 0.926 bits per heavy atom. The van der Waals surface area contributed by atoms with Crippen molar-refractivity contribution in [2.24, 2.45) is 0 Å². The molecule has 0 saturated carbocycles. The van der Waals surface area contributed by atoms with Crippen LogP contribution in [0.25, 0.3) is 0 Å². The summed E-state index contributed by atoms with van der Waals surface area (Å²) >= 11 is 0. The fourth-order valence-corrected chi connectivity index (χ4v) is 3.82. The molecule has 27 heavy (non-hydrogen) atoms. The second-order valence-corrected chi connectivity index (χ2v) is 7.14. The SMILES string of the molecule is CC(=O)N1CCN(C(=O)c2ccnc(N3CCc4ccccc4C3)c2)CC1. The van der Waals surface area contributed by atoms with Gasteiger partial charge in [0.15, 0.2) is 0 Å². The molecular weight excluding hydrogens is 340 g/mol. The number of anilines is 1. The number of hydrogen-bond acceptors (Lipinski definition) is 4. The van der Waals surface area contributed by atoms with E-state index in [1.54, 1.807) is 24.1 Å². The quantitative estimate of drug-likeness (QED) is 0.817. The van der Waals surface area contributed by atoms with Gasteiger partial charge < -0.3 is 14.7 Å². The predicted octanol–water partition coefficient (Wildman–Crippen LogP) is 1.95. The van der Waals surface area contributed by atoms with Crippen molar-refractivity contribution in [1.29, 1.82) is 0 Å². The minimum absolute atomic E-state index is 0.0132. The number of amides is 2. The van der Waals surface area contributed by atoms with Gasteiger partial charge in [-0.25, -0.2) is 4.98 Å². The van der Waals surface area contributed by atoms with Crippen LogP contribution in [0.1, 0.15) is 28.4 Å². The van der Waals surface area contributed by atoms with Crippen LogP contribution < -0.4 is 4.90 Å². The van der Waals surface area contributed by atoms with E-state index in [0.717, 1.165) is 25.3 Å². The van der Waals surface area contributed by atoms with Gasteiger partial charge in [-0.15, -0.1) is 0 Å². The molecule has 6 heteroatoms. The Labute approximate surface area is 159 Å². The highest BCUT2D eigenvalue weighted by molar-refractivity contribution is 5.95. The van der Waals surface area contributed by atoms with Gasteiger partial charge in [0.2, 0.25) is 5.91 Å². The summed E-state index contributed by atoms with van der Waals surface area (Å²) in [5.41, 5.74) is 3.38. The minimum atomic E-state index is 0.0132. The summed E-state index contributed by atoms with van der Waals surface area (Å²) in [7, 11) is 0. The predicted molar refractivity (Wildman–Crippen MR) is 104 cm³/mol. The van der Waals surface area contributed by atoms with Crippen molar-refractivity contribution in [1.82, 2.24) is 14.8 Å². The van der Waals surface area contributed by atoms with Crippen LogP contribution in [-0.2, 0) is 17.8 Å². The number of hydrogen-bond donors (Lipinski definition) is 0. The van der Waals surface area contributed by atoms with Gasteiger partial charge >= 0.3 is 0 Å². The van der Waals surface area contributed by atoms with Crippen molar-refractivity contribution in [3.05, 3.63) is 59.3 Å². The van der Waals surface area contributed by atoms with Crippen LogP contribution in [0.15, 0.2) is 42.6 Å². The van der Waals surface area contributed by atoms with Gasteiger partial charge in [-0.3, -0.25) is 9.59 Å². The number of piperazine rings is 1. The van der Waals surface area contributed by atoms with Gasteiger partial charge in [0, 0.05) is 58.0 Å². The standard InChI is InChI=1S/C21H24N4O2/c1-16(26)23-10-12-24(13-11-23)21(27)18-6-8-22-20(14-18)25-9-7-17-4-2-3-5-19(17)15-25/h2-6,8,14H,7,9-13,15H2,1H3. The summed E-state index contributed by atoms with van der Waals surface area (Å²) in [4.78, 5) is 34.7. The molecule has 2 aliphatic heterocycles. The van der Waals surface area contributed by atoms with Crippen LogP contribution in [0.5, 0.6) is 0 Å². The van der Waals surface area contributed by atoms with E-state index in [2.05, 4.69) is 34.1 Å². The zero-order chi connectivity index (χ0) is 18.8. The average molecular weight is 364 g/mol. The number of carbonyl (C=O) groups is 2. The summed E-state index contributed by atoms with van der Waals surface area (Å²) in [6.45, 7) is 5.64. The number of pyridine rings is 1. The molecule has 0 spiro atoms. The lowest BCUT2D eigenvalue weighted by molar-refractivity contribution is -0.130. The van der Waals surface area contributed by atoms with Gasteiger partial charge in [0.25, 0.3) is 5.91 Å². The summed E-state index contributed by atoms with van der Waals surface area (Å²) in [6, 6.07) is 12.2. The lowest BCUT2D eigenvalue weighted by atomic mass is 10.00. The Bertz CT molecular complexity index is 859.